The van der Waals surface area contributed by atoms with Crippen molar-refractivity contribution in [3.8, 4) is 0 Å². The molecule has 4 aromatic rings. The van der Waals surface area contributed by atoms with Gasteiger partial charge in [-0.2, -0.15) is 0 Å². The van der Waals surface area contributed by atoms with E-state index >= 15 is 0 Å². The van der Waals surface area contributed by atoms with Gasteiger partial charge in [-0.3, -0.25) is 14.0 Å². The first-order valence-corrected chi connectivity index (χ1v) is 10.5. The van der Waals surface area contributed by atoms with Crippen LogP contribution in [0.1, 0.15) is 28.0 Å². The van der Waals surface area contributed by atoms with Gasteiger partial charge in [0.25, 0.3) is 5.56 Å². The van der Waals surface area contributed by atoms with Crippen LogP contribution in [0.2, 0.25) is 0 Å². The van der Waals surface area contributed by atoms with Gasteiger partial charge in [-0.1, -0.05) is 30.3 Å². The van der Waals surface area contributed by atoms with E-state index in [0.717, 1.165) is 5.56 Å². The number of amides is 1. The molecule has 0 saturated heterocycles. The number of hydrogen-bond acceptors (Lipinski definition) is 6. The van der Waals surface area contributed by atoms with Gasteiger partial charge in [-0.25, -0.2) is 9.78 Å². The van der Waals surface area contributed by atoms with Crippen molar-refractivity contribution >= 4 is 33.9 Å². The average Bonchev–Trinajstić information content (AvgIpc) is 3.27. The molecular formula is C23H19N3O4S. The number of hydrogen-bond donors (Lipinski definition) is 1. The molecule has 0 spiro atoms. The number of aromatic nitrogens is 2. The number of aryl methyl sites for hydroxylation is 1. The summed E-state index contributed by atoms with van der Waals surface area (Å²) in [5.74, 6) is -0.629. The summed E-state index contributed by atoms with van der Waals surface area (Å²) in [6.45, 7) is -0.0968. The van der Waals surface area contributed by atoms with Gasteiger partial charge in [0.15, 0.2) is 4.96 Å². The number of benzene rings is 2. The Hall–Kier alpha value is -3.78. The van der Waals surface area contributed by atoms with Gasteiger partial charge in [0.2, 0.25) is 5.91 Å². The van der Waals surface area contributed by atoms with Gasteiger partial charge < -0.3 is 10.1 Å². The number of carbonyl (C=O) groups excluding carboxylic acids is 2. The zero-order valence-corrected chi connectivity index (χ0v) is 17.3. The second-order valence-corrected chi connectivity index (χ2v) is 7.70. The van der Waals surface area contributed by atoms with Crippen LogP contribution in [0.3, 0.4) is 0 Å². The van der Waals surface area contributed by atoms with Gasteiger partial charge in [-0.05, 0) is 36.2 Å². The molecule has 2 aromatic carbocycles. The number of carbonyl (C=O) groups is 2. The van der Waals surface area contributed by atoms with Gasteiger partial charge in [0.1, 0.15) is 6.61 Å². The van der Waals surface area contributed by atoms with E-state index < -0.39 is 5.97 Å². The molecule has 0 unspecified atom stereocenters. The largest absolute Gasteiger partial charge is 0.456 e. The fourth-order valence-electron chi connectivity index (χ4n) is 3.00. The summed E-state index contributed by atoms with van der Waals surface area (Å²) in [6.07, 6.45) is 2.68. The number of nitrogens with one attached hydrogen (secondary N) is 1. The Labute approximate surface area is 182 Å². The maximum absolute atomic E-state index is 12.3. The van der Waals surface area contributed by atoms with E-state index in [9.17, 15) is 14.4 Å². The summed E-state index contributed by atoms with van der Waals surface area (Å²) < 4.78 is 6.70. The van der Waals surface area contributed by atoms with Crippen molar-refractivity contribution in [3.63, 3.8) is 0 Å². The third kappa shape index (κ3) is 5.23. The van der Waals surface area contributed by atoms with Gasteiger partial charge in [0.05, 0.1) is 11.3 Å². The number of nitrogens with zero attached hydrogens (tertiary/aromatic N) is 2. The minimum Gasteiger partial charge on any atom is -0.456 e. The van der Waals surface area contributed by atoms with E-state index in [4.69, 9.17) is 4.74 Å². The molecule has 2 aromatic heterocycles. The lowest BCUT2D eigenvalue weighted by molar-refractivity contribution is -0.116. The van der Waals surface area contributed by atoms with Crippen LogP contribution >= 0.6 is 11.3 Å². The van der Waals surface area contributed by atoms with Gasteiger partial charge in [0, 0.05) is 29.8 Å². The molecule has 7 nitrogen and oxygen atoms in total. The molecule has 1 amide bonds. The van der Waals surface area contributed by atoms with E-state index in [-0.39, 0.29) is 18.1 Å². The highest BCUT2D eigenvalue weighted by molar-refractivity contribution is 7.15. The van der Waals surface area contributed by atoms with E-state index in [1.165, 1.54) is 21.8 Å². The lowest BCUT2D eigenvalue weighted by Gasteiger charge is -2.07. The lowest BCUT2D eigenvalue weighted by atomic mass is 10.1. The summed E-state index contributed by atoms with van der Waals surface area (Å²) in [6, 6.07) is 17.6. The molecule has 0 saturated carbocycles. The van der Waals surface area contributed by atoms with Crippen molar-refractivity contribution in [1.82, 2.24) is 9.38 Å². The molecular weight excluding hydrogens is 414 g/mol. The predicted molar refractivity (Wildman–Crippen MR) is 118 cm³/mol. The van der Waals surface area contributed by atoms with E-state index in [2.05, 4.69) is 10.3 Å². The molecule has 8 heteroatoms. The van der Waals surface area contributed by atoms with Crippen LogP contribution in [-0.4, -0.2) is 21.3 Å². The van der Waals surface area contributed by atoms with Crippen LogP contribution in [0.25, 0.3) is 4.96 Å². The van der Waals surface area contributed by atoms with Crippen LogP contribution in [-0.2, 0) is 22.6 Å². The number of thiazole rings is 1. The Morgan fingerprint density at radius 2 is 1.84 bits per heavy atom. The smallest absolute Gasteiger partial charge is 0.338 e. The Bertz CT molecular complexity index is 1260. The molecule has 1 N–H and O–H groups in total. The standard InChI is InChI=1S/C23H19N3O4S/c27-20(11-6-16-4-2-1-3-5-16)24-18-9-7-17(8-10-18)22(29)30-15-19-14-21(28)26-12-13-31-23(26)25-19/h1-5,7-10,12-14H,6,11,15H2,(H,24,27). The molecule has 2 heterocycles. The minimum absolute atomic E-state index is 0.0967. The van der Waals surface area contributed by atoms with E-state index in [1.54, 1.807) is 35.8 Å². The maximum atomic E-state index is 12.3. The third-order valence-electron chi connectivity index (χ3n) is 4.60. The highest BCUT2D eigenvalue weighted by atomic mass is 32.1. The summed E-state index contributed by atoms with van der Waals surface area (Å²) in [5.41, 5.74) is 2.22. The second kappa shape index (κ2) is 9.36. The van der Waals surface area contributed by atoms with E-state index in [0.29, 0.717) is 34.7 Å². The Morgan fingerprint density at radius 3 is 2.61 bits per heavy atom. The first-order chi connectivity index (χ1) is 15.1. The molecule has 4 rings (SSSR count). The molecule has 0 bridgehead atoms. The molecule has 0 aliphatic heterocycles. The van der Waals surface area contributed by atoms with Crippen LogP contribution in [0, 0.1) is 0 Å². The molecule has 0 radical (unpaired) electrons. The highest BCUT2D eigenvalue weighted by Gasteiger charge is 2.10. The van der Waals surface area contributed by atoms with Crippen molar-refractivity contribution < 1.29 is 14.3 Å². The zero-order valence-electron chi connectivity index (χ0n) is 16.5. The van der Waals surface area contributed by atoms with Crippen molar-refractivity contribution in [2.75, 3.05) is 5.32 Å². The number of anilines is 1. The quantitative estimate of drug-likeness (QED) is 0.449. The van der Waals surface area contributed by atoms with Gasteiger partial charge >= 0.3 is 5.97 Å². The Morgan fingerprint density at radius 1 is 1.06 bits per heavy atom. The predicted octanol–water partition coefficient (Wildman–Crippen LogP) is 3.68. The molecule has 0 fully saturated rings. The number of rotatable bonds is 7. The molecule has 0 atom stereocenters. The van der Waals surface area contributed by atoms with Crippen molar-refractivity contribution in [1.29, 1.82) is 0 Å². The van der Waals surface area contributed by atoms with Crippen molar-refractivity contribution in [2.45, 2.75) is 19.4 Å². The summed E-state index contributed by atoms with van der Waals surface area (Å²) in [7, 11) is 0. The number of esters is 1. The van der Waals surface area contributed by atoms with Crippen molar-refractivity contribution in [3.05, 3.63) is 99.4 Å². The Kier molecular flexibility index (Phi) is 6.18. The lowest BCUT2D eigenvalue weighted by Crippen LogP contribution is -2.15. The van der Waals surface area contributed by atoms with Crippen molar-refractivity contribution in [2.24, 2.45) is 0 Å². The minimum atomic E-state index is -0.532. The fraction of sp³-hybridized carbons (Fsp3) is 0.130. The summed E-state index contributed by atoms with van der Waals surface area (Å²) in [4.78, 5) is 41.3. The molecule has 156 valence electrons. The number of ether oxygens (including phenoxy) is 1. The summed E-state index contributed by atoms with van der Waals surface area (Å²) in [5, 5.41) is 4.59. The first-order valence-electron chi connectivity index (χ1n) is 9.65. The topological polar surface area (TPSA) is 89.8 Å². The highest BCUT2D eigenvalue weighted by Crippen LogP contribution is 2.13. The van der Waals surface area contributed by atoms with Gasteiger partial charge in [-0.15, -0.1) is 11.3 Å². The fourth-order valence-corrected chi connectivity index (χ4v) is 3.74. The van der Waals surface area contributed by atoms with Crippen LogP contribution in [0.15, 0.2) is 77.0 Å². The average molecular weight is 433 g/mol. The number of fused-ring (bicyclic) bond motifs is 1. The SMILES string of the molecule is O=C(CCc1ccccc1)Nc1ccc(C(=O)OCc2cc(=O)n3ccsc3n2)cc1. The molecule has 0 aliphatic carbocycles. The zero-order chi connectivity index (χ0) is 21.6. The summed E-state index contributed by atoms with van der Waals surface area (Å²) >= 11 is 1.33. The van der Waals surface area contributed by atoms with E-state index in [1.807, 2.05) is 30.3 Å². The monoisotopic (exact) mass is 433 g/mol. The normalized spacial score (nSPS) is 10.7. The second-order valence-electron chi connectivity index (χ2n) is 6.83. The first kappa shape index (κ1) is 20.5. The van der Waals surface area contributed by atoms with Crippen LogP contribution < -0.4 is 10.9 Å². The van der Waals surface area contributed by atoms with Crippen LogP contribution in [0.5, 0.6) is 0 Å². The molecule has 0 aliphatic rings. The third-order valence-corrected chi connectivity index (χ3v) is 5.35. The molecule has 31 heavy (non-hydrogen) atoms. The maximum Gasteiger partial charge on any atom is 0.338 e. The Balaban J connectivity index is 1.30. The van der Waals surface area contributed by atoms with Crippen LogP contribution in [0.4, 0.5) is 5.69 Å².